The van der Waals surface area contributed by atoms with Crippen LogP contribution in [0, 0.1) is 16.7 Å². The Morgan fingerprint density at radius 1 is 1.03 bits per heavy atom. The van der Waals surface area contributed by atoms with Crippen LogP contribution in [-0.2, 0) is 14.3 Å². The standard InChI is InChI=1S/C21H38O9/c1-10(2)7-8-21(28)16(26)19(3,4)18(20(5,6)17(21)27)30-15-14(25)13(24)12(23)11(9-22)29-15/h10-16,18,22-26,28H,7-9H2,1-6H3. The minimum atomic E-state index is -1.95. The molecule has 2 rings (SSSR count). The first kappa shape index (κ1) is 25.6. The zero-order valence-corrected chi connectivity index (χ0v) is 18.6. The fraction of sp³-hybridized carbons (Fsp3) is 0.952. The lowest BCUT2D eigenvalue weighted by Gasteiger charge is -2.57. The number of ether oxygens (including phenoxy) is 2. The third kappa shape index (κ3) is 4.19. The van der Waals surface area contributed by atoms with Gasteiger partial charge in [-0.2, -0.15) is 0 Å². The van der Waals surface area contributed by atoms with E-state index < -0.39 is 71.7 Å². The molecule has 0 aromatic carbocycles. The Hall–Kier alpha value is -0.650. The maximum Gasteiger partial charge on any atom is 0.187 e. The summed E-state index contributed by atoms with van der Waals surface area (Å²) in [5.74, 6) is -0.347. The van der Waals surface area contributed by atoms with Gasteiger partial charge in [-0.25, -0.2) is 0 Å². The van der Waals surface area contributed by atoms with Crippen molar-refractivity contribution >= 4 is 5.78 Å². The van der Waals surface area contributed by atoms with Crippen LogP contribution >= 0.6 is 0 Å². The number of carbonyl (C=O) groups is 1. The van der Waals surface area contributed by atoms with Gasteiger partial charge in [-0.3, -0.25) is 4.79 Å². The molecule has 2 aliphatic rings. The fourth-order valence-electron chi connectivity index (χ4n) is 4.91. The molecule has 0 spiro atoms. The number of carbonyl (C=O) groups excluding carboxylic acids is 1. The molecule has 9 heteroatoms. The number of aliphatic hydroxyl groups excluding tert-OH is 5. The predicted molar refractivity (Wildman–Crippen MR) is 106 cm³/mol. The highest BCUT2D eigenvalue weighted by Gasteiger charge is 2.66. The van der Waals surface area contributed by atoms with E-state index in [1.54, 1.807) is 27.7 Å². The lowest BCUT2D eigenvalue weighted by Crippen LogP contribution is -2.72. The molecule has 1 heterocycles. The predicted octanol–water partition coefficient (Wildman–Crippen LogP) is -0.665. The summed E-state index contributed by atoms with van der Waals surface area (Å²) >= 11 is 0. The van der Waals surface area contributed by atoms with Crippen LogP contribution < -0.4 is 0 Å². The van der Waals surface area contributed by atoms with Crippen molar-refractivity contribution < 1.29 is 44.9 Å². The molecule has 1 aliphatic carbocycles. The van der Waals surface area contributed by atoms with Gasteiger partial charge < -0.3 is 40.1 Å². The molecule has 8 unspecified atom stereocenters. The molecule has 1 saturated carbocycles. The minimum Gasteiger partial charge on any atom is -0.394 e. The molecule has 0 bridgehead atoms. The van der Waals surface area contributed by atoms with Crippen LogP contribution in [0.5, 0.6) is 0 Å². The lowest BCUT2D eigenvalue weighted by atomic mass is 9.54. The number of aliphatic hydroxyl groups is 6. The third-order valence-corrected chi connectivity index (χ3v) is 6.69. The topological polar surface area (TPSA) is 157 Å². The first-order valence-corrected chi connectivity index (χ1v) is 10.5. The van der Waals surface area contributed by atoms with Crippen molar-refractivity contribution in [1.82, 2.24) is 0 Å². The molecule has 8 atom stereocenters. The summed E-state index contributed by atoms with van der Waals surface area (Å²) in [7, 11) is 0. The van der Waals surface area contributed by atoms with Crippen molar-refractivity contribution in [2.75, 3.05) is 6.61 Å². The summed E-state index contributed by atoms with van der Waals surface area (Å²) < 4.78 is 11.4. The molecular formula is C21H38O9. The van der Waals surface area contributed by atoms with Gasteiger partial charge in [-0.1, -0.05) is 41.5 Å². The van der Waals surface area contributed by atoms with Gasteiger partial charge in [0.05, 0.1) is 24.2 Å². The van der Waals surface area contributed by atoms with Gasteiger partial charge in [0.2, 0.25) is 0 Å². The Bertz CT molecular complexity index is 618. The van der Waals surface area contributed by atoms with Crippen LogP contribution in [0.25, 0.3) is 0 Å². The van der Waals surface area contributed by atoms with E-state index in [0.717, 1.165) is 0 Å². The molecule has 1 aliphatic heterocycles. The fourth-order valence-corrected chi connectivity index (χ4v) is 4.91. The Balaban J connectivity index is 2.36. The Labute approximate surface area is 177 Å². The van der Waals surface area contributed by atoms with Crippen LogP contribution in [0.4, 0.5) is 0 Å². The Kier molecular flexibility index (Phi) is 7.43. The SMILES string of the molecule is CC(C)CCC1(O)C(=O)C(C)(C)C(OC2OC(CO)C(O)C(O)C2O)C(C)(C)C1O. The van der Waals surface area contributed by atoms with Crippen LogP contribution in [-0.4, -0.2) is 91.5 Å². The van der Waals surface area contributed by atoms with Gasteiger partial charge in [0.1, 0.15) is 30.0 Å². The molecule has 0 amide bonds. The highest BCUT2D eigenvalue weighted by atomic mass is 16.7. The summed E-state index contributed by atoms with van der Waals surface area (Å²) in [6.45, 7) is 9.81. The average molecular weight is 435 g/mol. The minimum absolute atomic E-state index is 0.101. The smallest absolute Gasteiger partial charge is 0.187 e. The highest BCUT2D eigenvalue weighted by molar-refractivity contribution is 5.94. The van der Waals surface area contributed by atoms with Crippen LogP contribution in [0.3, 0.4) is 0 Å². The zero-order valence-electron chi connectivity index (χ0n) is 18.6. The number of hydrogen-bond acceptors (Lipinski definition) is 9. The molecule has 176 valence electrons. The first-order valence-electron chi connectivity index (χ1n) is 10.5. The molecule has 0 aromatic heterocycles. The van der Waals surface area contributed by atoms with Gasteiger partial charge >= 0.3 is 0 Å². The van der Waals surface area contributed by atoms with Gasteiger partial charge in [0.15, 0.2) is 12.1 Å². The monoisotopic (exact) mass is 434 g/mol. The van der Waals surface area contributed by atoms with Crippen LogP contribution in [0.1, 0.15) is 54.4 Å². The second kappa shape index (κ2) is 8.71. The quantitative estimate of drug-likeness (QED) is 0.319. The summed E-state index contributed by atoms with van der Waals surface area (Å²) in [6.07, 6.45) is -9.22. The van der Waals surface area contributed by atoms with Crippen LogP contribution in [0.15, 0.2) is 0 Å². The highest BCUT2D eigenvalue weighted by Crippen LogP contribution is 2.52. The maximum absolute atomic E-state index is 13.3. The third-order valence-electron chi connectivity index (χ3n) is 6.69. The Morgan fingerprint density at radius 3 is 2.10 bits per heavy atom. The largest absolute Gasteiger partial charge is 0.394 e. The van der Waals surface area contributed by atoms with Crippen molar-refractivity contribution in [1.29, 1.82) is 0 Å². The summed E-state index contributed by atoms with van der Waals surface area (Å²) in [4.78, 5) is 13.3. The normalized spacial score (nSPS) is 43.8. The molecule has 2 fully saturated rings. The van der Waals surface area contributed by atoms with Crippen molar-refractivity contribution in [3.8, 4) is 0 Å². The summed E-state index contributed by atoms with van der Waals surface area (Å²) in [6, 6.07) is 0. The second-order valence-electron chi connectivity index (χ2n) is 10.3. The molecular weight excluding hydrogens is 396 g/mol. The summed E-state index contributed by atoms with van der Waals surface area (Å²) in [5.41, 5.74) is -4.36. The molecule has 6 N–H and O–H groups in total. The van der Waals surface area contributed by atoms with E-state index in [-0.39, 0.29) is 12.3 Å². The van der Waals surface area contributed by atoms with Gasteiger partial charge in [-0.15, -0.1) is 0 Å². The van der Waals surface area contributed by atoms with Crippen molar-refractivity contribution in [2.24, 2.45) is 16.7 Å². The van der Waals surface area contributed by atoms with E-state index in [4.69, 9.17) is 9.47 Å². The Morgan fingerprint density at radius 2 is 1.60 bits per heavy atom. The van der Waals surface area contributed by atoms with E-state index in [2.05, 4.69) is 0 Å². The first-order chi connectivity index (χ1) is 13.6. The van der Waals surface area contributed by atoms with Gasteiger partial charge in [0, 0.05) is 5.41 Å². The van der Waals surface area contributed by atoms with Crippen molar-refractivity contribution in [3.63, 3.8) is 0 Å². The lowest BCUT2D eigenvalue weighted by molar-refractivity contribution is -0.338. The molecule has 1 saturated heterocycles. The van der Waals surface area contributed by atoms with E-state index in [1.807, 2.05) is 13.8 Å². The van der Waals surface area contributed by atoms with Gasteiger partial charge in [-0.05, 0) is 18.8 Å². The van der Waals surface area contributed by atoms with E-state index in [9.17, 15) is 35.4 Å². The van der Waals surface area contributed by atoms with E-state index >= 15 is 0 Å². The van der Waals surface area contributed by atoms with E-state index in [1.165, 1.54) is 0 Å². The molecule has 30 heavy (non-hydrogen) atoms. The van der Waals surface area contributed by atoms with Crippen LogP contribution in [0.2, 0.25) is 0 Å². The molecule has 9 nitrogen and oxygen atoms in total. The zero-order chi connectivity index (χ0) is 23.2. The number of Topliss-reactive ketones (excluding diaryl/α,β-unsaturated/α-hetero) is 1. The second-order valence-corrected chi connectivity index (χ2v) is 10.3. The average Bonchev–Trinajstić information content (AvgIpc) is 2.67. The van der Waals surface area contributed by atoms with Gasteiger partial charge in [0.25, 0.3) is 0 Å². The number of ketones is 1. The molecule has 0 radical (unpaired) electrons. The van der Waals surface area contributed by atoms with E-state index in [0.29, 0.717) is 6.42 Å². The summed E-state index contributed by atoms with van der Waals surface area (Å²) in [5, 5.41) is 62.0. The molecule has 0 aromatic rings. The van der Waals surface area contributed by atoms with Crippen molar-refractivity contribution in [3.05, 3.63) is 0 Å². The number of rotatable bonds is 6. The number of hydrogen-bond donors (Lipinski definition) is 6. The maximum atomic E-state index is 13.3. The van der Waals surface area contributed by atoms with Crippen molar-refractivity contribution in [2.45, 2.75) is 103 Å².